The van der Waals surface area contributed by atoms with Crippen LogP contribution in [0.25, 0.3) is 0 Å². The van der Waals surface area contributed by atoms with Gasteiger partial charge in [0.05, 0.1) is 17.5 Å². The number of nitrogens with one attached hydrogen (secondary N) is 1. The lowest BCUT2D eigenvalue weighted by Crippen LogP contribution is -2.38. The number of benzene rings is 1. The average molecular weight is 349 g/mol. The molecule has 0 atom stereocenters. The molecule has 5 nitrogen and oxygen atoms in total. The second-order valence-corrected chi connectivity index (χ2v) is 6.53. The zero-order chi connectivity index (χ0) is 16.4. The van der Waals surface area contributed by atoms with Crippen LogP contribution in [0.5, 0.6) is 0 Å². The summed E-state index contributed by atoms with van der Waals surface area (Å²) in [6, 6.07) is 8.40. The first-order valence-corrected chi connectivity index (χ1v) is 8.27. The molecule has 2 aromatic rings. The normalized spacial score (nSPS) is 13.3. The highest BCUT2D eigenvalue weighted by molar-refractivity contribution is 7.10. The van der Waals surface area contributed by atoms with E-state index in [-0.39, 0.29) is 30.8 Å². The molecular weight excluding hydrogens is 336 g/mol. The maximum absolute atomic E-state index is 12.2. The van der Waals surface area contributed by atoms with Crippen molar-refractivity contribution in [3.63, 3.8) is 0 Å². The number of thiophene rings is 1. The van der Waals surface area contributed by atoms with Crippen molar-refractivity contribution in [3.8, 4) is 0 Å². The van der Waals surface area contributed by atoms with Gasteiger partial charge in [0.15, 0.2) is 0 Å². The zero-order valence-electron chi connectivity index (χ0n) is 12.0. The van der Waals surface area contributed by atoms with Crippen molar-refractivity contribution in [2.24, 2.45) is 0 Å². The largest absolute Gasteiger partial charge is 0.354 e. The summed E-state index contributed by atoms with van der Waals surface area (Å²) in [6.07, 6.45) is 0.301. The van der Waals surface area contributed by atoms with E-state index < -0.39 is 0 Å². The minimum atomic E-state index is -0.375. The number of nitrogens with zero attached hydrogens (tertiary/aromatic N) is 1. The summed E-state index contributed by atoms with van der Waals surface area (Å²) in [6.45, 7) is 0.365. The van der Waals surface area contributed by atoms with Gasteiger partial charge in [-0.2, -0.15) is 0 Å². The van der Waals surface area contributed by atoms with Gasteiger partial charge in [-0.1, -0.05) is 17.7 Å². The van der Waals surface area contributed by atoms with Gasteiger partial charge in [0.25, 0.3) is 11.8 Å². The first kappa shape index (κ1) is 15.7. The van der Waals surface area contributed by atoms with Crippen molar-refractivity contribution in [1.29, 1.82) is 0 Å². The zero-order valence-corrected chi connectivity index (χ0v) is 13.6. The van der Waals surface area contributed by atoms with E-state index in [4.69, 9.17) is 11.6 Å². The van der Waals surface area contributed by atoms with Crippen molar-refractivity contribution in [3.05, 3.63) is 56.7 Å². The smallest absolute Gasteiger partial charge is 0.261 e. The lowest BCUT2D eigenvalue weighted by Gasteiger charge is -2.14. The number of imide groups is 1. The van der Waals surface area contributed by atoms with Crippen LogP contribution in [0.15, 0.2) is 35.7 Å². The molecule has 1 aliphatic heterocycles. The molecule has 0 bridgehead atoms. The Morgan fingerprint density at radius 3 is 2.70 bits per heavy atom. The molecule has 3 rings (SSSR count). The molecule has 2 heterocycles. The lowest BCUT2D eigenvalue weighted by molar-refractivity contribution is -0.120. The van der Waals surface area contributed by atoms with E-state index in [9.17, 15) is 14.4 Å². The van der Waals surface area contributed by atoms with Gasteiger partial charge in [0.1, 0.15) is 0 Å². The number of amides is 3. The van der Waals surface area contributed by atoms with Crippen molar-refractivity contribution in [1.82, 2.24) is 10.2 Å². The molecule has 3 amide bonds. The van der Waals surface area contributed by atoms with E-state index in [1.165, 1.54) is 17.4 Å². The maximum atomic E-state index is 12.2. The number of hydrogen-bond acceptors (Lipinski definition) is 4. The van der Waals surface area contributed by atoms with E-state index in [0.29, 0.717) is 22.6 Å². The first-order valence-electron chi connectivity index (χ1n) is 7.01. The van der Waals surface area contributed by atoms with Gasteiger partial charge < -0.3 is 5.32 Å². The Balaban J connectivity index is 1.56. The van der Waals surface area contributed by atoms with Gasteiger partial charge in [-0.25, -0.2) is 0 Å². The number of carbonyl (C=O) groups excluding carboxylic acids is 3. The number of carbonyl (C=O) groups is 3. The van der Waals surface area contributed by atoms with Crippen LogP contribution in [0.1, 0.15) is 25.6 Å². The Labute approximate surface area is 141 Å². The quantitative estimate of drug-likeness (QED) is 0.843. The van der Waals surface area contributed by atoms with Crippen LogP contribution < -0.4 is 5.32 Å². The van der Waals surface area contributed by atoms with Crippen LogP contribution in [0, 0.1) is 0 Å². The Kier molecular flexibility index (Phi) is 4.45. The summed E-state index contributed by atoms with van der Waals surface area (Å²) < 4.78 is 0. The highest BCUT2D eigenvalue weighted by Gasteiger charge is 2.35. The van der Waals surface area contributed by atoms with Crippen LogP contribution in [0.4, 0.5) is 0 Å². The van der Waals surface area contributed by atoms with Gasteiger partial charge in [-0.3, -0.25) is 19.3 Å². The fraction of sp³-hybridized carbons (Fsp3) is 0.188. The molecule has 7 heteroatoms. The van der Waals surface area contributed by atoms with Crippen molar-refractivity contribution in [2.75, 3.05) is 13.1 Å². The minimum Gasteiger partial charge on any atom is -0.354 e. The minimum absolute atomic E-state index is 0.132. The third kappa shape index (κ3) is 3.28. The predicted molar refractivity (Wildman–Crippen MR) is 87.9 cm³/mol. The molecular formula is C16H13ClN2O3S. The third-order valence-electron chi connectivity index (χ3n) is 3.51. The second-order valence-electron chi connectivity index (χ2n) is 5.06. The molecule has 1 aromatic heterocycles. The molecule has 1 aromatic carbocycles. The van der Waals surface area contributed by atoms with Crippen LogP contribution in [-0.2, 0) is 11.2 Å². The Hall–Kier alpha value is -2.18. The highest BCUT2D eigenvalue weighted by atomic mass is 35.5. The van der Waals surface area contributed by atoms with E-state index in [2.05, 4.69) is 5.32 Å². The first-order chi connectivity index (χ1) is 11.1. The van der Waals surface area contributed by atoms with E-state index >= 15 is 0 Å². The van der Waals surface area contributed by atoms with Crippen molar-refractivity contribution < 1.29 is 14.4 Å². The van der Waals surface area contributed by atoms with E-state index in [1.54, 1.807) is 12.1 Å². The van der Waals surface area contributed by atoms with E-state index in [0.717, 1.165) is 9.78 Å². The van der Waals surface area contributed by atoms with Crippen molar-refractivity contribution >= 4 is 40.7 Å². The average Bonchev–Trinajstić information content (AvgIpc) is 3.10. The Bertz CT molecular complexity index is 774. The number of halogens is 1. The summed E-state index contributed by atoms with van der Waals surface area (Å²) in [7, 11) is 0. The predicted octanol–water partition coefficient (Wildman–Crippen LogP) is 2.36. The molecule has 0 saturated heterocycles. The number of fused-ring (bicyclic) bond motifs is 1. The molecule has 0 spiro atoms. The number of hydrogen-bond donors (Lipinski definition) is 1. The van der Waals surface area contributed by atoms with Crippen LogP contribution in [-0.4, -0.2) is 35.7 Å². The number of rotatable bonds is 5. The van der Waals surface area contributed by atoms with Gasteiger partial charge in [0.2, 0.25) is 5.91 Å². The summed E-state index contributed by atoms with van der Waals surface area (Å²) >= 11 is 7.37. The molecule has 23 heavy (non-hydrogen) atoms. The van der Waals surface area contributed by atoms with Gasteiger partial charge in [0, 0.05) is 23.0 Å². The van der Waals surface area contributed by atoms with Gasteiger partial charge in [-0.15, -0.1) is 11.3 Å². The fourth-order valence-corrected chi connectivity index (χ4v) is 3.28. The molecule has 118 valence electrons. The molecule has 0 unspecified atom stereocenters. The van der Waals surface area contributed by atoms with E-state index in [1.807, 2.05) is 17.5 Å². The van der Waals surface area contributed by atoms with Crippen molar-refractivity contribution in [2.45, 2.75) is 6.42 Å². The Morgan fingerprint density at radius 1 is 1.17 bits per heavy atom. The van der Waals surface area contributed by atoms with Crippen LogP contribution in [0.3, 0.4) is 0 Å². The highest BCUT2D eigenvalue weighted by Crippen LogP contribution is 2.25. The Morgan fingerprint density at radius 2 is 1.96 bits per heavy atom. The fourth-order valence-electron chi connectivity index (χ4n) is 2.41. The summed E-state index contributed by atoms with van der Waals surface area (Å²) in [5.74, 6) is -0.860. The second kappa shape index (κ2) is 6.52. The molecule has 1 N–H and O–H groups in total. The summed E-state index contributed by atoms with van der Waals surface area (Å²) in [5.41, 5.74) is 0.664. The summed E-state index contributed by atoms with van der Waals surface area (Å²) in [5, 5.41) is 5.04. The molecule has 0 radical (unpaired) electrons. The molecule has 0 saturated carbocycles. The molecule has 0 fully saturated rings. The summed E-state index contributed by atoms with van der Waals surface area (Å²) in [4.78, 5) is 38.3. The lowest BCUT2D eigenvalue weighted by atomic mass is 10.1. The standard InChI is InChI=1S/C16H13ClN2O3S/c17-10-3-4-12-13(8-10)16(22)19(15(12)21)6-5-18-14(20)9-11-2-1-7-23-11/h1-4,7-8H,5-6,9H2,(H,18,20). The van der Waals surface area contributed by atoms with Gasteiger partial charge in [-0.05, 0) is 29.6 Å². The van der Waals surface area contributed by atoms with Crippen LogP contribution in [0.2, 0.25) is 5.02 Å². The topological polar surface area (TPSA) is 66.5 Å². The van der Waals surface area contributed by atoms with Gasteiger partial charge >= 0.3 is 0 Å². The SMILES string of the molecule is O=C(Cc1cccs1)NCCN1C(=O)c2ccc(Cl)cc2C1=O. The monoisotopic (exact) mass is 348 g/mol. The maximum Gasteiger partial charge on any atom is 0.261 e. The molecule has 1 aliphatic rings. The van der Waals surface area contributed by atoms with Crippen LogP contribution >= 0.6 is 22.9 Å². The third-order valence-corrected chi connectivity index (χ3v) is 4.62. The molecule has 0 aliphatic carbocycles.